The van der Waals surface area contributed by atoms with E-state index in [9.17, 15) is 14.7 Å². The van der Waals surface area contributed by atoms with E-state index in [0.29, 0.717) is 25.6 Å². The number of hydrogen-bond donors (Lipinski definition) is 2. The van der Waals surface area contributed by atoms with E-state index >= 15 is 0 Å². The van der Waals surface area contributed by atoms with Crippen LogP contribution in [-0.2, 0) is 11.3 Å². The Kier molecular flexibility index (Phi) is 6.25. The molecule has 1 aliphatic heterocycles. The Bertz CT molecular complexity index is 757. The van der Waals surface area contributed by atoms with Crippen molar-refractivity contribution in [2.24, 2.45) is 5.92 Å². The van der Waals surface area contributed by atoms with Gasteiger partial charge in [-0.15, -0.1) is 0 Å². The predicted molar refractivity (Wildman–Crippen MR) is 99.2 cm³/mol. The number of ether oxygens (including phenoxy) is 1. The van der Waals surface area contributed by atoms with Gasteiger partial charge in [-0.2, -0.15) is 0 Å². The normalized spacial score (nSPS) is 14.6. The second-order valence-electron chi connectivity index (χ2n) is 6.58. The summed E-state index contributed by atoms with van der Waals surface area (Å²) in [5.41, 5.74) is 1.24. The number of likely N-dealkylation sites (tertiary alicyclic amines) is 1. The van der Waals surface area contributed by atoms with E-state index in [1.165, 1.54) is 18.3 Å². The molecule has 142 valence electrons. The van der Waals surface area contributed by atoms with Gasteiger partial charge < -0.3 is 20.1 Å². The molecule has 0 saturated carbocycles. The largest absolute Gasteiger partial charge is 0.506 e. The highest BCUT2D eigenvalue weighted by Gasteiger charge is 2.24. The summed E-state index contributed by atoms with van der Waals surface area (Å²) in [6, 6.07) is 12.5. The van der Waals surface area contributed by atoms with E-state index in [-0.39, 0.29) is 30.1 Å². The fourth-order valence-corrected chi connectivity index (χ4v) is 2.98. The van der Waals surface area contributed by atoms with Crippen LogP contribution in [0.2, 0.25) is 0 Å². The number of piperidine rings is 1. The molecule has 2 heterocycles. The van der Waals surface area contributed by atoms with Crippen LogP contribution in [0.4, 0.5) is 4.79 Å². The molecule has 1 aliphatic rings. The smallest absolute Gasteiger partial charge is 0.410 e. The molecule has 3 rings (SSSR count). The average molecular weight is 369 g/mol. The van der Waals surface area contributed by atoms with Crippen molar-refractivity contribution in [3.63, 3.8) is 0 Å². The lowest BCUT2D eigenvalue weighted by molar-refractivity contribution is 0.0800. The van der Waals surface area contributed by atoms with Gasteiger partial charge in [-0.25, -0.2) is 9.78 Å². The van der Waals surface area contributed by atoms with Crippen molar-refractivity contribution in [2.75, 3.05) is 19.6 Å². The SMILES string of the molecule is O=C(NCC1CCN(C(=O)OCc2ccccc2)CC1)c1ccc(O)cn1. The molecular weight excluding hydrogens is 346 g/mol. The molecule has 0 atom stereocenters. The Morgan fingerprint density at radius 1 is 1.15 bits per heavy atom. The number of pyridine rings is 1. The molecule has 2 N–H and O–H groups in total. The number of carbonyl (C=O) groups is 2. The van der Waals surface area contributed by atoms with Crippen LogP contribution in [0.15, 0.2) is 48.7 Å². The minimum atomic E-state index is -0.297. The summed E-state index contributed by atoms with van der Waals surface area (Å²) in [5.74, 6) is 0.0713. The van der Waals surface area contributed by atoms with Crippen molar-refractivity contribution in [1.29, 1.82) is 0 Å². The zero-order valence-corrected chi connectivity index (χ0v) is 15.0. The van der Waals surface area contributed by atoms with Crippen LogP contribution in [0.25, 0.3) is 0 Å². The number of aromatic hydroxyl groups is 1. The van der Waals surface area contributed by atoms with Crippen molar-refractivity contribution in [2.45, 2.75) is 19.4 Å². The van der Waals surface area contributed by atoms with Crippen LogP contribution in [0, 0.1) is 5.92 Å². The average Bonchev–Trinajstić information content (AvgIpc) is 2.72. The molecule has 2 amide bonds. The highest BCUT2D eigenvalue weighted by molar-refractivity contribution is 5.92. The van der Waals surface area contributed by atoms with Crippen molar-refractivity contribution in [1.82, 2.24) is 15.2 Å². The summed E-state index contributed by atoms with van der Waals surface area (Å²) in [7, 11) is 0. The molecule has 27 heavy (non-hydrogen) atoms. The lowest BCUT2D eigenvalue weighted by atomic mass is 9.97. The number of nitrogens with zero attached hydrogens (tertiary/aromatic N) is 2. The molecule has 0 radical (unpaired) electrons. The Morgan fingerprint density at radius 2 is 1.89 bits per heavy atom. The molecule has 0 spiro atoms. The molecule has 0 unspecified atom stereocenters. The standard InChI is InChI=1S/C20H23N3O4/c24-17-6-7-18(21-13-17)19(25)22-12-15-8-10-23(11-9-15)20(26)27-14-16-4-2-1-3-5-16/h1-7,13,15,24H,8-12,14H2,(H,22,25). The highest BCUT2D eigenvalue weighted by atomic mass is 16.6. The zero-order chi connectivity index (χ0) is 19.1. The number of carbonyl (C=O) groups excluding carboxylic acids is 2. The minimum Gasteiger partial charge on any atom is -0.506 e. The van der Waals surface area contributed by atoms with Crippen molar-refractivity contribution < 1.29 is 19.4 Å². The van der Waals surface area contributed by atoms with E-state index < -0.39 is 0 Å². The van der Waals surface area contributed by atoms with Crippen LogP contribution in [0.1, 0.15) is 28.9 Å². The second-order valence-corrected chi connectivity index (χ2v) is 6.58. The van der Waals surface area contributed by atoms with Crippen LogP contribution in [0.3, 0.4) is 0 Å². The molecule has 7 nitrogen and oxygen atoms in total. The topological polar surface area (TPSA) is 91.8 Å². The lowest BCUT2D eigenvalue weighted by Crippen LogP contribution is -2.41. The molecule has 0 aliphatic carbocycles. The first-order chi connectivity index (χ1) is 13.1. The first-order valence-corrected chi connectivity index (χ1v) is 9.00. The van der Waals surface area contributed by atoms with Crippen LogP contribution >= 0.6 is 0 Å². The van der Waals surface area contributed by atoms with Gasteiger partial charge >= 0.3 is 6.09 Å². The number of nitrogens with one attached hydrogen (secondary N) is 1. The Balaban J connectivity index is 1.37. The first kappa shape index (κ1) is 18.7. The molecule has 1 aromatic heterocycles. The molecule has 0 bridgehead atoms. The predicted octanol–water partition coefficient (Wildman–Crippen LogP) is 2.57. The number of benzene rings is 1. The molecule has 7 heteroatoms. The molecule has 1 saturated heterocycles. The monoisotopic (exact) mass is 369 g/mol. The summed E-state index contributed by atoms with van der Waals surface area (Å²) >= 11 is 0. The summed E-state index contributed by atoms with van der Waals surface area (Å²) in [4.78, 5) is 29.8. The fourth-order valence-electron chi connectivity index (χ4n) is 2.98. The number of aromatic nitrogens is 1. The lowest BCUT2D eigenvalue weighted by Gasteiger charge is -2.31. The molecule has 1 aromatic carbocycles. The molecule has 1 fully saturated rings. The van der Waals surface area contributed by atoms with Crippen LogP contribution in [-0.4, -0.2) is 46.6 Å². The third-order valence-corrected chi connectivity index (χ3v) is 4.61. The van der Waals surface area contributed by atoms with Gasteiger partial charge in [0.15, 0.2) is 0 Å². The maximum atomic E-state index is 12.2. The number of hydrogen-bond acceptors (Lipinski definition) is 5. The van der Waals surface area contributed by atoms with Crippen molar-refractivity contribution in [3.05, 3.63) is 59.9 Å². The summed E-state index contributed by atoms with van der Waals surface area (Å²) in [6.45, 7) is 2.04. The fraction of sp³-hybridized carbons (Fsp3) is 0.350. The quantitative estimate of drug-likeness (QED) is 0.845. The minimum absolute atomic E-state index is 0.0260. The highest BCUT2D eigenvalue weighted by Crippen LogP contribution is 2.18. The summed E-state index contributed by atoms with van der Waals surface area (Å²) in [6.07, 6.45) is 2.57. The van der Waals surface area contributed by atoms with E-state index in [4.69, 9.17) is 4.74 Å². The summed E-state index contributed by atoms with van der Waals surface area (Å²) < 4.78 is 5.36. The Hall–Kier alpha value is -3.09. The van der Waals surface area contributed by atoms with Crippen LogP contribution < -0.4 is 5.32 Å². The first-order valence-electron chi connectivity index (χ1n) is 9.00. The van der Waals surface area contributed by atoms with E-state index in [2.05, 4.69) is 10.3 Å². The third kappa shape index (κ3) is 5.44. The van der Waals surface area contributed by atoms with Crippen molar-refractivity contribution >= 4 is 12.0 Å². The number of amides is 2. The summed E-state index contributed by atoms with van der Waals surface area (Å²) in [5, 5.41) is 12.1. The Morgan fingerprint density at radius 3 is 2.56 bits per heavy atom. The van der Waals surface area contributed by atoms with Gasteiger partial charge in [0, 0.05) is 19.6 Å². The van der Waals surface area contributed by atoms with Gasteiger partial charge in [0.25, 0.3) is 5.91 Å². The maximum Gasteiger partial charge on any atom is 0.410 e. The molecule has 2 aromatic rings. The van der Waals surface area contributed by atoms with E-state index in [0.717, 1.165) is 18.4 Å². The zero-order valence-electron chi connectivity index (χ0n) is 15.0. The second kappa shape index (κ2) is 9.02. The van der Waals surface area contributed by atoms with Crippen LogP contribution in [0.5, 0.6) is 5.75 Å². The van der Waals surface area contributed by atoms with Gasteiger partial charge in [-0.1, -0.05) is 30.3 Å². The Labute approximate surface area is 158 Å². The van der Waals surface area contributed by atoms with E-state index in [1.54, 1.807) is 4.90 Å². The third-order valence-electron chi connectivity index (χ3n) is 4.61. The number of rotatable bonds is 5. The van der Waals surface area contributed by atoms with Gasteiger partial charge in [0.2, 0.25) is 0 Å². The van der Waals surface area contributed by atoms with E-state index in [1.807, 2.05) is 30.3 Å². The van der Waals surface area contributed by atoms with Gasteiger partial charge in [0.05, 0.1) is 6.20 Å². The van der Waals surface area contributed by atoms with Gasteiger partial charge in [0.1, 0.15) is 18.1 Å². The molecular formula is C20H23N3O4. The maximum absolute atomic E-state index is 12.2. The van der Waals surface area contributed by atoms with Gasteiger partial charge in [-0.3, -0.25) is 4.79 Å². The van der Waals surface area contributed by atoms with Crippen molar-refractivity contribution in [3.8, 4) is 5.75 Å². The van der Waals surface area contributed by atoms with Gasteiger partial charge in [-0.05, 0) is 36.5 Å².